The number of esters is 1. The van der Waals surface area contributed by atoms with E-state index in [2.05, 4.69) is 0 Å². The summed E-state index contributed by atoms with van der Waals surface area (Å²) in [7, 11) is 0. The Balaban J connectivity index is 1.66. The highest BCUT2D eigenvalue weighted by Crippen LogP contribution is 2.27. The van der Waals surface area contributed by atoms with Crippen LogP contribution in [0.2, 0.25) is 0 Å². The van der Waals surface area contributed by atoms with Crippen molar-refractivity contribution in [2.24, 2.45) is 0 Å². The molecule has 0 spiro atoms. The van der Waals surface area contributed by atoms with Gasteiger partial charge in [0.2, 0.25) is 0 Å². The average molecular weight is 322 g/mol. The van der Waals surface area contributed by atoms with Crippen LogP contribution in [0.25, 0.3) is 10.4 Å². The molecule has 3 rings (SSSR count). The Morgan fingerprint density at radius 2 is 1.70 bits per heavy atom. The first kappa shape index (κ1) is 15.2. The van der Waals surface area contributed by atoms with E-state index in [1.807, 2.05) is 48.5 Å². The van der Waals surface area contributed by atoms with Crippen LogP contribution in [0.15, 0.2) is 66.7 Å². The number of aldehydes is 1. The van der Waals surface area contributed by atoms with Crippen molar-refractivity contribution in [2.75, 3.05) is 0 Å². The fraction of sp³-hybridized carbons (Fsp3) is 0.0526. The molecular formula is C19H14O3S. The molecule has 1 heterocycles. The SMILES string of the molecule is O=Cc1ccc(-c2ccc(C(=O)OCc3ccccc3)cc2)s1. The predicted molar refractivity (Wildman–Crippen MR) is 90.7 cm³/mol. The van der Waals surface area contributed by atoms with Crippen LogP contribution < -0.4 is 0 Å². The predicted octanol–water partition coefficient (Wildman–Crippen LogP) is 4.58. The molecule has 114 valence electrons. The number of hydrogen-bond donors (Lipinski definition) is 0. The third kappa shape index (κ3) is 3.73. The number of ether oxygens (including phenoxy) is 1. The number of hydrogen-bond acceptors (Lipinski definition) is 4. The van der Waals surface area contributed by atoms with Gasteiger partial charge >= 0.3 is 5.97 Å². The number of carbonyl (C=O) groups excluding carboxylic acids is 2. The molecule has 0 fully saturated rings. The van der Waals surface area contributed by atoms with Crippen molar-refractivity contribution in [3.05, 3.63) is 82.7 Å². The molecule has 0 N–H and O–H groups in total. The lowest BCUT2D eigenvalue weighted by atomic mass is 10.1. The molecule has 0 aliphatic heterocycles. The van der Waals surface area contributed by atoms with E-state index in [-0.39, 0.29) is 12.6 Å². The van der Waals surface area contributed by atoms with Crippen molar-refractivity contribution in [1.82, 2.24) is 0 Å². The van der Waals surface area contributed by atoms with E-state index < -0.39 is 0 Å². The lowest BCUT2D eigenvalue weighted by Gasteiger charge is -2.05. The summed E-state index contributed by atoms with van der Waals surface area (Å²) in [6.07, 6.45) is 0.837. The largest absolute Gasteiger partial charge is 0.457 e. The van der Waals surface area contributed by atoms with Gasteiger partial charge in [-0.1, -0.05) is 42.5 Å². The monoisotopic (exact) mass is 322 g/mol. The van der Waals surface area contributed by atoms with Gasteiger partial charge in [-0.2, -0.15) is 0 Å². The van der Waals surface area contributed by atoms with Crippen LogP contribution in [0.4, 0.5) is 0 Å². The first-order valence-electron chi connectivity index (χ1n) is 7.13. The quantitative estimate of drug-likeness (QED) is 0.510. The van der Waals surface area contributed by atoms with Crippen LogP contribution >= 0.6 is 11.3 Å². The Kier molecular flexibility index (Phi) is 4.64. The first-order valence-corrected chi connectivity index (χ1v) is 7.94. The molecule has 3 aromatic rings. The second kappa shape index (κ2) is 7.03. The molecule has 0 saturated heterocycles. The molecule has 1 aromatic heterocycles. The van der Waals surface area contributed by atoms with E-state index in [0.717, 1.165) is 22.3 Å². The third-order valence-electron chi connectivity index (χ3n) is 3.36. The van der Waals surface area contributed by atoms with Crippen LogP contribution in [0.3, 0.4) is 0 Å². The molecular weight excluding hydrogens is 308 g/mol. The smallest absolute Gasteiger partial charge is 0.338 e. The van der Waals surface area contributed by atoms with E-state index in [4.69, 9.17) is 4.74 Å². The number of benzene rings is 2. The normalized spacial score (nSPS) is 10.3. The lowest BCUT2D eigenvalue weighted by molar-refractivity contribution is 0.0472. The number of carbonyl (C=O) groups is 2. The van der Waals surface area contributed by atoms with Gasteiger partial charge in [0, 0.05) is 4.88 Å². The molecule has 0 atom stereocenters. The zero-order valence-electron chi connectivity index (χ0n) is 12.3. The van der Waals surface area contributed by atoms with E-state index in [0.29, 0.717) is 10.4 Å². The summed E-state index contributed by atoms with van der Waals surface area (Å²) in [4.78, 5) is 24.5. The molecule has 0 amide bonds. The van der Waals surface area contributed by atoms with Gasteiger partial charge in [0.1, 0.15) is 6.61 Å². The zero-order valence-corrected chi connectivity index (χ0v) is 13.1. The summed E-state index contributed by atoms with van der Waals surface area (Å²) in [6, 6.07) is 20.5. The fourth-order valence-electron chi connectivity index (χ4n) is 2.15. The third-order valence-corrected chi connectivity index (χ3v) is 4.42. The number of rotatable bonds is 5. The van der Waals surface area contributed by atoms with E-state index in [1.54, 1.807) is 18.2 Å². The van der Waals surface area contributed by atoms with Crippen molar-refractivity contribution in [3.63, 3.8) is 0 Å². The summed E-state index contributed by atoms with van der Waals surface area (Å²) in [5, 5.41) is 0. The molecule has 2 aromatic carbocycles. The Labute approximate surface area is 138 Å². The van der Waals surface area contributed by atoms with E-state index in [9.17, 15) is 9.59 Å². The second-order valence-corrected chi connectivity index (χ2v) is 6.07. The van der Waals surface area contributed by atoms with Crippen LogP contribution in [-0.4, -0.2) is 12.3 Å². The summed E-state index contributed by atoms with van der Waals surface area (Å²) >= 11 is 1.42. The molecule has 23 heavy (non-hydrogen) atoms. The molecule has 0 unspecified atom stereocenters. The fourth-order valence-corrected chi connectivity index (χ4v) is 2.98. The van der Waals surface area contributed by atoms with Gasteiger partial charge in [0.05, 0.1) is 10.4 Å². The Bertz CT molecular complexity index is 804. The minimum Gasteiger partial charge on any atom is -0.457 e. The maximum Gasteiger partial charge on any atom is 0.338 e. The molecule has 0 aliphatic carbocycles. The highest BCUT2D eigenvalue weighted by atomic mass is 32.1. The topological polar surface area (TPSA) is 43.4 Å². The summed E-state index contributed by atoms with van der Waals surface area (Å²) in [5.74, 6) is -0.347. The van der Waals surface area contributed by atoms with Crippen LogP contribution in [0, 0.1) is 0 Å². The van der Waals surface area contributed by atoms with Crippen LogP contribution in [0.1, 0.15) is 25.6 Å². The van der Waals surface area contributed by atoms with E-state index in [1.165, 1.54) is 11.3 Å². The van der Waals surface area contributed by atoms with Gasteiger partial charge in [-0.3, -0.25) is 4.79 Å². The van der Waals surface area contributed by atoms with Gasteiger partial charge in [0.25, 0.3) is 0 Å². The zero-order chi connectivity index (χ0) is 16.1. The minimum atomic E-state index is -0.347. The molecule has 0 radical (unpaired) electrons. The molecule has 0 aliphatic rings. The Morgan fingerprint density at radius 1 is 0.957 bits per heavy atom. The molecule has 4 heteroatoms. The Morgan fingerprint density at radius 3 is 2.35 bits per heavy atom. The minimum absolute atomic E-state index is 0.259. The van der Waals surface area contributed by atoms with Gasteiger partial charge in [0.15, 0.2) is 6.29 Å². The summed E-state index contributed by atoms with van der Waals surface area (Å²) < 4.78 is 5.30. The van der Waals surface area contributed by atoms with Crippen molar-refractivity contribution in [3.8, 4) is 10.4 Å². The Hall–Kier alpha value is -2.72. The maximum atomic E-state index is 12.1. The lowest BCUT2D eigenvalue weighted by Crippen LogP contribution is -2.04. The van der Waals surface area contributed by atoms with Gasteiger partial charge in [-0.15, -0.1) is 11.3 Å². The first-order chi connectivity index (χ1) is 11.3. The van der Waals surface area contributed by atoms with Crippen molar-refractivity contribution < 1.29 is 14.3 Å². The van der Waals surface area contributed by atoms with Gasteiger partial charge < -0.3 is 4.74 Å². The number of thiophene rings is 1. The standard InChI is InChI=1S/C19H14O3S/c20-12-17-10-11-18(23-17)15-6-8-16(9-7-15)19(21)22-13-14-4-2-1-3-5-14/h1-12H,13H2. The van der Waals surface area contributed by atoms with Crippen molar-refractivity contribution in [1.29, 1.82) is 0 Å². The van der Waals surface area contributed by atoms with Gasteiger partial charge in [-0.05, 0) is 35.4 Å². The molecule has 0 saturated carbocycles. The van der Waals surface area contributed by atoms with Gasteiger partial charge in [-0.25, -0.2) is 4.79 Å². The van der Waals surface area contributed by atoms with Crippen LogP contribution in [-0.2, 0) is 11.3 Å². The second-order valence-electron chi connectivity index (χ2n) is 4.96. The highest BCUT2D eigenvalue weighted by Gasteiger charge is 2.08. The summed E-state index contributed by atoms with van der Waals surface area (Å²) in [6.45, 7) is 0.259. The highest BCUT2D eigenvalue weighted by molar-refractivity contribution is 7.17. The maximum absolute atomic E-state index is 12.1. The summed E-state index contributed by atoms with van der Waals surface area (Å²) in [5.41, 5.74) is 2.44. The van der Waals surface area contributed by atoms with Crippen LogP contribution in [0.5, 0.6) is 0 Å². The van der Waals surface area contributed by atoms with E-state index >= 15 is 0 Å². The van der Waals surface area contributed by atoms with Crippen molar-refractivity contribution in [2.45, 2.75) is 6.61 Å². The average Bonchev–Trinajstić information content (AvgIpc) is 3.10. The molecule has 0 bridgehead atoms. The molecule has 3 nitrogen and oxygen atoms in total. The van der Waals surface area contributed by atoms with Crippen molar-refractivity contribution >= 4 is 23.6 Å².